The molecule has 112 valence electrons. The van der Waals surface area contributed by atoms with Crippen LogP contribution in [0.1, 0.15) is 6.92 Å². The maximum atomic E-state index is 12.7. The van der Waals surface area contributed by atoms with Gasteiger partial charge in [0.15, 0.2) is 0 Å². The molecule has 20 heavy (non-hydrogen) atoms. The molecule has 1 rings (SSSR count). The van der Waals surface area contributed by atoms with E-state index in [9.17, 15) is 18.0 Å². The van der Waals surface area contributed by atoms with Gasteiger partial charge in [0.1, 0.15) is 12.4 Å². The van der Waals surface area contributed by atoms with Crippen molar-refractivity contribution in [1.82, 2.24) is 5.32 Å². The van der Waals surface area contributed by atoms with Crippen molar-refractivity contribution in [3.63, 3.8) is 0 Å². The van der Waals surface area contributed by atoms with Crippen molar-refractivity contribution < 1.29 is 27.8 Å². The van der Waals surface area contributed by atoms with E-state index in [1.165, 1.54) is 0 Å². The van der Waals surface area contributed by atoms with Crippen molar-refractivity contribution in [2.24, 2.45) is 0 Å². The highest BCUT2D eigenvalue weighted by atomic mass is 79.9. The fourth-order valence-corrected chi connectivity index (χ4v) is 1.56. The second kappa shape index (κ2) is 6.45. The van der Waals surface area contributed by atoms with Crippen LogP contribution in [0.15, 0.2) is 28.7 Å². The minimum absolute atomic E-state index is 0.0828. The highest BCUT2D eigenvalue weighted by molar-refractivity contribution is 9.10. The highest BCUT2D eigenvalue weighted by Gasteiger charge is 2.57. The van der Waals surface area contributed by atoms with Gasteiger partial charge in [0.05, 0.1) is 0 Å². The quantitative estimate of drug-likeness (QED) is 0.770. The predicted octanol–water partition coefficient (Wildman–Crippen LogP) is 2.82. The molecule has 0 saturated carbocycles. The van der Waals surface area contributed by atoms with Gasteiger partial charge in [0, 0.05) is 11.0 Å². The lowest BCUT2D eigenvalue weighted by Gasteiger charge is -2.28. The van der Waals surface area contributed by atoms with E-state index in [0.29, 0.717) is 12.7 Å². The summed E-state index contributed by atoms with van der Waals surface area (Å²) in [6.07, 6.45) is -4.89. The Morgan fingerprint density at radius 3 is 2.35 bits per heavy atom. The van der Waals surface area contributed by atoms with E-state index in [1.54, 1.807) is 24.3 Å². The van der Waals surface area contributed by atoms with Crippen LogP contribution >= 0.6 is 15.9 Å². The lowest BCUT2D eigenvalue weighted by atomic mass is 10.0. The van der Waals surface area contributed by atoms with Gasteiger partial charge in [-0.15, -0.1) is 0 Å². The van der Waals surface area contributed by atoms with Crippen LogP contribution in [0.5, 0.6) is 5.75 Å². The molecule has 1 aromatic rings. The molecule has 4 nitrogen and oxygen atoms in total. The normalized spacial score (nSPS) is 14.7. The van der Waals surface area contributed by atoms with Crippen LogP contribution in [-0.4, -0.2) is 35.9 Å². The molecule has 8 heteroatoms. The van der Waals surface area contributed by atoms with Crippen LogP contribution in [0.2, 0.25) is 0 Å². The Hall–Kier alpha value is -1.28. The van der Waals surface area contributed by atoms with Crippen molar-refractivity contribution in [3.8, 4) is 5.75 Å². The van der Waals surface area contributed by atoms with Crippen LogP contribution in [0, 0.1) is 0 Å². The number of alkyl halides is 3. The van der Waals surface area contributed by atoms with Gasteiger partial charge in [0.2, 0.25) is 5.54 Å². The van der Waals surface area contributed by atoms with Crippen molar-refractivity contribution in [2.45, 2.75) is 18.6 Å². The van der Waals surface area contributed by atoms with Crippen LogP contribution < -0.4 is 10.1 Å². The first kappa shape index (κ1) is 16.8. The molecule has 1 atom stereocenters. The number of carboxylic acids is 1. The Morgan fingerprint density at radius 1 is 1.35 bits per heavy atom. The zero-order valence-corrected chi connectivity index (χ0v) is 12.1. The van der Waals surface area contributed by atoms with E-state index in [-0.39, 0.29) is 13.2 Å². The Balaban J connectivity index is 2.50. The van der Waals surface area contributed by atoms with Crippen molar-refractivity contribution in [1.29, 1.82) is 0 Å². The maximum absolute atomic E-state index is 12.7. The van der Waals surface area contributed by atoms with Gasteiger partial charge in [-0.2, -0.15) is 13.2 Å². The first-order valence-corrected chi connectivity index (χ1v) is 6.39. The molecule has 0 spiro atoms. The average molecular weight is 356 g/mol. The molecule has 0 bridgehead atoms. The van der Waals surface area contributed by atoms with Crippen molar-refractivity contribution >= 4 is 21.9 Å². The van der Waals surface area contributed by atoms with Crippen molar-refractivity contribution in [3.05, 3.63) is 28.7 Å². The molecule has 0 aliphatic rings. The molecule has 0 saturated heterocycles. The summed E-state index contributed by atoms with van der Waals surface area (Å²) in [6, 6.07) is 6.73. The average Bonchev–Trinajstić information content (AvgIpc) is 2.34. The summed E-state index contributed by atoms with van der Waals surface area (Å²) in [6.45, 7) is 0.244. The summed E-state index contributed by atoms with van der Waals surface area (Å²) in [5.41, 5.74) is -2.99. The third kappa shape index (κ3) is 4.11. The summed E-state index contributed by atoms with van der Waals surface area (Å²) in [5.74, 6) is -1.49. The lowest BCUT2D eigenvalue weighted by molar-refractivity contribution is -0.206. The number of carbonyl (C=O) groups is 1. The first-order valence-electron chi connectivity index (χ1n) is 5.60. The summed E-state index contributed by atoms with van der Waals surface area (Å²) in [7, 11) is 0. The lowest BCUT2D eigenvalue weighted by Crippen LogP contribution is -2.60. The summed E-state index contributed by atoms with van der Waals surface area (Å²) >= 11 is 3.23. The highest BCUT2D eigenvalue weighted by Crippen LogP contribution is 2.30. The zero-order valence-electron chi connectivity index (χ0n) is 10.5. The number of hydrogen-bond donors (Lipinski definition) is 2. The van der Waals surface area contributed by atoms with E-state index in [1.807, 2.05) is 5.32 Å². The monoisotopic (exact) mass is 355 g/mol. The van der Waals surface area contributed by atoms with Gasteiger partial charge in [-0.1, -0.05) is 15.9 Å². The molecule has 0 fully saturated rings. The van der Waals surface area contributed by atoms with Crippen LogP contribution in [-0.2, 0) is 4.79 Å². The molecule has 0 amide bonds. The number of ether oxygens (including phenoxy) is 1. The largest absolute Gasteiger partial charge is 0.492 e. The minimum atomic E-state index is -4.89. The summed E-state index contributed by atoms with van der Waals surface area (Å²) in [4.78, 5) is 10.7. The minimum Gasteiger partial charge on any atom is -0.492 e. The molecule has 0 heterocycles. The number of carboxylic acid groups (broad SMARTS) is 1. The van der Waals surface area contributed by atoms with Gasteiger partial charge in [0.25, 0.3) is 0 Å². The van der Waals surface area contributed by atoms with Crippen molar-refractivity contribution in [2.75, 3.05) is 13.2 Å². The van der Waals surface area contributed by atoms with Gasteiger partial charge >= 0.3 is 12.1 Å². The standard InChI is InChI=1S/C12H13BrF3NO3/c1-11(10(18)19,12(14,15)16)17-6-7-20-9-4-2-8(13)3-5-9/h2-5,17H,6-7H2,1H3,(H,18,19). The third-order valence-electron chi connectivity index (χ3n) is 2.66. The van der Waals surface area contributed by atoms with E-state index >= 15 is 0 Å². The zero-order chi connectivity index (χ0) is 15.4. The summed E-state index contributed by atoms with van der Waals surface area (Å²) < 4.78 is 44.0. The molecule has 0 aromatic heterocycles. The molecular weight excluding hydrogens is 343 g/mol. The third-order valence-corrected chi connectivity index (χ3v) is 3.19. The first-order chi connectivity index (χ1) is 9.17. The molecule has 1 aromatic carbocycles. The predicted molar refractivity (Wildman–Crippen MR) is 69.7 cm³/mol. The number of aliphatic carboxylic acids is 1. The SMILES string of the molecule is CC(NCCOc1ccc(Br)cc1)(C(=O)O)C(F)(F)F. The maximum Gasteiger partial charge on any atom is 0.417 e. The second-order valence-electron chi connectivity index (χ2n) is 4.16. The summed E-state index contributed by atoms with van der Waals surface area (Å²) in [5, 5.41) is 10.6. The van der Waals surface area contributed by atoms with Gasteiger partial charge in [-0.25, -0.2) is 4.79 Å². The van der Waals surface area contributed by atoms with Gasteiger partial charge in [-0.05, 0) is 31.2 Å². The van der Waals surface area contributed by atoms with Crippen LogP contribution in [0.25, 0.3) is 0 Å². The Morgan fingerprint density at radius 2 is 1.90 bits per heavy atom. The van der Waals surface area contributed by atoms with Crippen LogP contribution in [0.3, 0.4) is 0 Å². The number of hydrogen-bond acceptors (Lipinski definition) is 3. The smallest absolute Gasteiger partial charge is 0.417 e. The molecular formula is C12H13BrF3NO3. The molecule has 0 radical (unpaired) electrons. The Labute approximate surface area is 122 Å². The topological polar surface area (TPSA) is 58.6 Å². The molecule has 0 aliphatic carbocycles. The van der Waals surface area contributed by atoms with E-state index in [2.05, 4.69) is 15.9 Å². The van der Waals surface area contributed by atoms with Gasteiger partial charge < -0.3 is 9.84 Å². The van der Waals surface area contributed by atoms with Crippen LogP contribution in [0.4, 0.5) is 13.2 Å². The van der Waals surface area contributed by atoms with E-state index in [0.717, 1.165) is 4.47 Å². The fraction of sp³-hybridized carbons (Fsp3) is 0.417. The van der Waals surface area contributed by atoms with Gasteiger partial charge in [-0.3, -0.25) is 5.32 Å². The second-order valence-corrected chi connectivity index (χ2v) is 5.07. The molecule has 0 aliphatic heterocycles. The number of nitrogens with one attached hydrogen (secondary N) is 1. The van der Waals surface area contributed by atoms with E-state index in [4.69, 9.17) is 9.84 Å². The number of benzene rings is 1. The number of rotatable bonds is 6. The molecule has 2 N–H and O–H groups in total. The van der Waals surface area contributed by atoms with E-state index < -0.39 is 17.7 Å². The fourth-order valence-electron chi connectivity index (χ4n) is 1.30. The molecule has 1 unspecified atom stereocenters. The Bertz CT molecular complexity index is 464. The Kier molecular flexibility index (Phi) is 5.41. The number of halogens is 4.